The molecule has 0 radical (unpaired) electrons. The second kappa shape index (κ2) is 7.21. The summed E-state index contributed by atoms with van der Waals surface area (Å²) < 4.78 is 33.3. The number of halogens is 1. The molecule has 2 atom stereocenters. The maximum atomic E-state index is 12.1. The minimum Gasteiger partial charge on any atom is -0.492 e. The molecule has 0 aliphatic carbocycles. The summed E-state index contributed by atoms with van der Waals surface area (Å²) >= 11 is 5.94. The molecule has 1 aromatic carbocycles. The third-order valence-corrected chi connectivity index (χ3v) is 6.21. The molecule has 0 aromatic heterocycles. The van der Waals surface area contributed by atoms with E-state index in [4.69, 9.17) is 21.1 Å². The standard InChI is InChI=1S/C16H18ClNO6S/c17-12-1-2-14-10(6-12)5-11(7-23-14)16(20)24-8-15(19)18-13-3-4-25(21,22)9-13/h1-2,6,11,13H,3-5,7-9H2,(H,18,19)/t11-,13-/m1/s1. The molecule has 136 valence electrons. The van der Waals surface area contributed by atoms with Crippen LogP contribution in [0.25, 0.3) is 0 Å². The van der Waals surface area contributed by atoms with E-state index < -0.39 is 40.3 Å². The number of carbonyl (C=O) groups excluding carboxylic acids is 2. The molecule has 1 saturated heterocycles. The summed E-state index contributed by atoms with van der Waals surface area (Å²) in [6.07, 6.45) is 0.813. The van der Waals surface area contributed by atoms with Gasteiger partial charge in [-0.3, -0.25) is 9.59 Å². The molecule has 2 heterocycles. The van der Waals surface area contributed by atoms with E-state index in [0.29, 0.717) is 23.6 Å². The zero-order valence-electron chi connectivity index (χ0n) is 13.4. The molecular weight excluding hydrogens is 370 g/mol. The highest BCUT2D eigenvalue weighted by atomic mass is 35.5. The van der Waals surface area contributed by atoms with Crippen molar-refractivity contribution in [1.29, 1.82) is 0 Å². The topological polar surface area (TPSA) is 98.8 Å². The molecule has 25 heavy (non-hydrogen) atoms. The molecule has 0 bridgehead atoms. The Balaban J connectivity index is 1.47. The van der Waals surface area contributed by atoms with Gasteiger partial charge >= 0.3 is 5.97 Å². The predicted molar refractivity (Wildman–Crippen MR) is 90.3 cm³/mol. The van der Waals surface area contributed by atoms with Crippen molar-refractivity contribution in [3.05, 3.63) is 28.8 Å². The Morgan fingerprint density at radius 1 is 1.36 bits per heavy atom. The van der Waals surface area contributed by atoms with Crippen LogP contribution in [0.5, 0.6) is 5.75 Å². The zero-order valence-corrected chi connectivity index (χ0v) is 14.9. The summed E-state index contributed by atoms with van der Waals surface area (Å²) in [7, 11) is -3.07. The number of rotatable bonds is 4. The van der Waals surface area contributed by atoms with Crippen molar-refractivity contribution in [2.45, 2.75) is 18.9 Å². The van der Waals surface area contributed by atoms with E-state index in [0.717, 1.165) is 5.56 Å². The summed E-state index contributed by atoms with van der Waals surface area (Å²) in [4.78, 5) is 23.9. The highest BCUT2D eigenvalue weighted by molar-refractivity contribution is 7.91. The van der Waals surface area contributed by atoms with Crippen molar-refractivity contribution in [3.63, 3.8) is 0 Å². The van der Waals surface area contributed by atoms with Crippen molar-refractivity contribution in [2.75, 3.05) is 24.7 Å². The molecule has 1 aromatic rings. The Bertz CT molecular complexity index is 794. The van der Waals surface area contributed by atoms with Crippen molar-refractivity contribution in [1.82, 2.24) is 5.32 Å². The Hall–Kier alpha value is -1.80. The first kappa shape index (κ1) is 18.0. The lowest BCUT2D eigenvalue weighted by Gasteiger charge is -2.24. The first-order valence-corrected chi connectivity index (χ1v) is 10.1. The fraction of sp³-hybridized carbons (Fsp3) is 0.500. The van der Waals surface area contributed by atoms with Gasteiger partial charge in [-0.2, -0.15) is 0 Å². The summed E-state index contributed by atoms with van der Waals surface area (Å²) in [6, 6.07) is 4.79. The molecule has 1 N–H and O–H groups in total. The van der Waals surface area contributed by atoms with Gasteiger partial charge in [0.1, 0.15) is 12.4 Å². The molecular formula is C16H18ClNO6S. The quantitative estimate of drug-likeness (QED) is 0.765. The molecule has 2 aliphatic rings. The maximum absolute atomic E-state index is 12.1. The number of hydrogen-bond donors (Lipinski definition) is 1. The largest absolute Gasteiger partial charge is 0.492 e. The Kier molecular flexibility index (Phi) is 5.19. The van der Waals surface area contributed by atoms with Gasteiger partial charge in [0.05, 0.1) is 17.4 Å². The SMILES string of the molecule is O=C(COC(=O)[C@H]1COc2ccc(Cl)cc2C1)N[C@@H]1CCS(=O)(=O)C1. The van der Waals surface area contributed by atoms with Crippen LogP contribution in [0.15, 0.2) is 18.2 Å². The summed E-state index contributed by atoms with van der Waals surface area (Å²) in [5, 5.41) is 3.13. The number of amides is 1. The van der Waals surface area contributed by atoms with Gasteiger partial charge in [-0.15, -0.1) is 0 Å². The molecule has 2 aliphatic heterocycles. The smallest absolute Gasteiger partial charge is 0.313 e. The number of carbonyl (C=O) groups is 2. The fourth-order valence-corrected chi connectivity index (χ4v) is 4.82. The molecule has 3 rings (SSSR count). The summed E-state index contributed by atoms with van der Waals surface area (Å²) in [6.45, 7) is -0.260. The predicted octanol–water partition coefficient (Wildman–Crippen LogP) is 0.738. The molecule has 1 fully saturated rings. The lowest BCUT2D eigenvalue weighted by molar-refractivity contribution is -0.154. The van der Waals surface area contributed by atoms with Crippen LogP contribution < -0.4 is 10.1 Å². The zero-order chi connectivity index (χ0) is 18.0. The van der Waals surface area contributed by atoms with E-state index in [1.54, 1.807) is 18.2 Å². The van der Waals surface area contributed by atoms with Crippen LogP contribution in [0.2, 0.25) is 5.02 Å². The highest BCUT2D eigenvalue weighted by Gasteiger charge is 2.30. The van der Waals surface area contributed by atoms with Crippen molar-refractivity contribution in [3.8, 4) is 5.75 Å². The molecule has 0 saturated carbocycles. The fourth-order valence-electron chi connectivity index (χ4n) is 2.95. The molecule has 7 nitrogen and oxygen atoms in total. The number of nitrogens with one attached hydrogen (secondary N) is 1. The van der Waals surface area contributed by atoms with Crippen LogP contribution in [-0.2, 0) is 30.6 Å². The van der Waals surface area contributed by atoms with Gasteiger partial charge in [-0.25, -0.2) is 8.42 Å². The normalized spacial score (nSPS) is 24.0. The third-order valence-electron chi connectivity index (χ3n) is 4.21. The number of ether oxygens (including phenoxy) is 2. The highest BCUT2D eigenvalue weighted by Crippen LogP contribution is 2.30. The maximum Gasteiger partial charge on any atom is 0.313 e. The van der Waals surface area contributed by atoms with Crippen molar-refractivity contribution >= 4 is 33.3 Å². The van der Waals surface area contributed by atoms with Gasteiger partial charge in [0, 0.05) is 11.1 Å². The summed E-state index contributed by atoms with van der Waals surface area (Å²) in [5.74, 6) is -0.852. The number of fused-ring (bicyclic) bond motifs is 1. The lowest BCUT2D eigenvalue weighted by atomic mass is 9.97. The molecule has 1 amide bonds. The van der Waals surface area contributed by atoms with Gasteiger partial charge in [0.15, 0.2) is 16.4 Å². The average molecular weight is 388 g/mol. The Labute approximate surface area is 150 Å². The van der Waals surface area contributed by atoms with E-state index in [1.807, 2.05) is 0 Å². The number of esters is 1. The number of sulfone groups is 1. The molecule has 9 heteroatoms. The van der Waals surface area contributed by atoms with E-state index >= 15 is 0 Å². The van der Waals surface area contributed by atoms with E-state index in [2.05, 4.69) is 5.32 Å². The minimum atomic E-state index is -3.07. The van der Waals surface area contributed by atoms with Gasteiger partial charge in [-0.1, -0.05) is 11.6 Å². The van der Waals surface area contributed by atoms with Crippen molar-refractivity contribution < 1.29 is 27.5 Å². The monoisotopic (exact) mass is 387 g/mol. The Morgan fingerprint density at radius 2 is 2.16 bits per heavy atom. The van der Waals surface area contributed by atoms with Gasteiger partial charge in [0.2, 0.25) is 0 Å². The van der Waals surface area contributed by atoms with Crippen molar-refractivity contribution in [2.24, 2.45) is 5.92 Å². The van der Waals surface area contributed by atoms with Gasteiger partial charge in [0.25, 0.3) is 5.91 Å². The van der Waals surface area contributed by atoms with E-state index in [9.17, 15) is 18.0 Å². The number of benzene rings is 1. The second-order valence-electron chi connectivity index (χ2n) is 6.24. The van der Waals surface area contributed by atoms with E-state index in [-0.39, 0.29) is 18.1 Å². The van der Waals surface area contributed by atoms with Crippen LogP contribution in [0.3, 0.4) is 0 Å². The average Bonchev–Trinajstić information content (AvgIpc) is 2.90. The van der Waals surface area contributed by atoms with Crippen LogP contribution in [0.4, 0.5) is 0 Å². The van der Waals surface area contributed by atoms with Crippen LogP contribution in [-0.4, -0.2) is 51.1 Å². The first-order chi connectivity index (χ1) is 11.8. The minimum absolute atomic E-state index is 0.0686. The second-order valence-corrected chi connectivity index (χ2v) is 8.90. The molecule has 0 unspecified atom stereocenters. The Morgan fingerprint density at radius 3 is 2.88 bits per heavy atom. The van der Waals surface area contributed by atoms with Crippen LogP contribution >= 0.6 is 11.6 Å². The van der Waals surface area contributed by atoms with Crippen LogP contribution in [0, 0.1) is 5.92 Å². The number of hydrogen-bond acceptors (Lipinski definition) is 6. The summed E-state index contributed by atoms with van der Waals surface area (Å²) in [5.41, 5.74) is 0.821. The molecule has 0 spiro atoms. The van der Waals surface area contributed by atoms with Gasteiger partial charge < -0.3 is 14.8 Å². The van der Waals surface area contributed by atoms with Gasteiger partial charge in [-0.05, 0) is 36.6 Å². The first-order valence-electron chi connectivity index (χ1n) is 7.90. The lowest BCUT2D eigenvalue weighted by Crippen LogP contribution is -2.39. The van der Waals surface area contributed by atoms with E-state index in [1.165, 1.54) is 0 Å². The third kappa shape index (κ3) is 4.64. The van der Waals surface area contributed by atoms with Crippen LogP contribution in [0.1, 0.15) is 12.0 Å².